The second-order valence-electron chi connectivity index (χ2n) is 4.29. The predicted octanol–water partition coefficient (Wildman–Crippen LogP) is 2.97. The zero-order valence-corrected chi connectivity index (χ0v) is 10.1. The first-order chi connectivity index (χ1) is 8.49. The maximum Gasteiger partial charge on any atom is 0.335 e. The molecule has 18 heavy (non-hydrogen) atoms. The molecule has 5 heteroatoms. The van der Waals surface area contributed by atoms with Gasteiger partial charge in [0.1, 0.15) is 5.82 Å². The second-order valence-corrected chi connectivity index (χ2v) is 4.29. The van der Waals surface area contributed by atoms with Crippen LogP contribution in [0.3, 0.4) is 0 Å². The number of hydrogen-bond donors (Lipinski definition) is 1. The van der Waals surface area contributed by atoms with Gasteiger partial charge in [-0.15, -0.1) is 0 Å². The van der Waals surface area contributed by atoms with Crippen LogP contribution in [0.5, 0.6) is 0 Å². The van der Waals surface area contributed by atoms with Crippen molar-refractivity contribution < 1.29 is 14.3 Å². The standard InChI is InChI=1S/C13H13FN2O2/c1-8(2)16-12(3-4-15-16)9-5-10(13(17)18)7-11(14)6-9/h3-8H,1-2H3,(H,17,18). The van der Waals surface area contributed by atoms with E-state index in [-0.39, 0.29) is 11.6 Å². The molecular weight excluding hydrogens is 235 g/mol. The fraction of sp³-hybridized carbons (Fsp3) is 0.231. The molecule has 4 nitrogen and oxygen atoms in total. The Bertz CT molecular complexity index is 590. The summed E-state index contributed by atoms with van der Waals surface area (Å²) in [5, 5.41) is 13.1. The molecule has 0 spiro atoms. The van der Waals surface area contributed by atoms with Crippen molar-refractivity contribution in [3.05, 3.63) is 41.8 Å². The van der Waals surface area contributed by atoms with Crippen molar-refractivity contribution in [1.82, 2.24) is 9.78 Å². The number of nitrogens with zero attached hydrogens (tertiary/aromatic N) is 2. The Morgan fingerprint density at radius 2 is 2.11 bits per heavy atom. The number of halogens is 1. The summed E-state index contributed by atoms with van der Waals surface area (Å²) < 4.78 is 15.1. The van der Waals surface area contributed by atoms with Gasteiger partial charge in [-0.2, -0.15) is 5.10 Å². The summed E-state index contributed by atoms with van der Waals surface area (Å²) in [5.74, 6) is -1.72. The van der Waals surface area contributed by atoms with Gasteiger partial charge in [0, 0.05) is 17.8 Å². The lowest BCUT2D eigenvalue weighted by atomic mass is 10.1. The van der Waals surface area contributed by atoms with E-state index < -0.39 is 11.8 Å². The monoisotopic (exact) mass is 248 g/mol. The van der Waals surface area contributed by atoms with E-state index in [1.54, 1.807) is 16.9 Å². The minimum Gasteiger partial charge on any atom is -0.478 e. The molecule has 0 saturated carbocycles. The Hall–Kier alpha value is -2.17. The van der Waals surface area contributed by atoms with Crippen LogP contribution in [0.25, 0.3) is 11.3 Å². The number of aromatic nitrogens is 2. The van der Waals surface area contributed by atoms with Gasteiger partial charge in [-0.25, -0.2) is 9.18 Å². The molecule has 0 bridgehead atoms. The maximum atomic E-state index is 13.4. The van der Waals surface area contributed by atoms with Gasteiger partial charge in [0.05, 0.1) is 11.3 Å². The van der Waals surface area contributed by atoms with Crippen LogP contribution in [-0.2, 0) is 0 Å². The largest absolute Gasteiger partial charge is 0.478 e. The van der Waals surface area contributed by atoms with Gasteiger partial charge >= 0.3 is 5.97 Å². The average Bonchev–Trinajstić information content (AvgIpc) is 2.76. The number of carboxylic acids is 1. The lowest BCUT2D eigenvalue weighted by Gasteiger charge is -2.11. The first-order valence-corrected chi connectivity index (χ1v) is 5.57. The smallest absolute Gasteiger partial charge is 0.335 e. The lowest BCUT2D eigenvalue weighted by Crippen LogP contribution is -2.05. The molecule has 0 aliphatic heterocycles. The number of hydrogen-bond acceptors (Lipinski definition) is 2. The van der Waals surface area contributed by atoms with E-state index in [1.807, 2.05) is 13.8 Å². The number of rotatable bonds is 3. The Morgan fingerprint density at radius 1 is 1.39 bits per heavy atom. The fourth-order valence-electron chi connectivity index (χ4n) is 1.82. The minimum atomic E-state index is -1.15. The van der Waals surface area contributed by atoms with Crippen molar-refractivity contribution in [3.8, 4) is 11.3 Å². The zero-order chi connectivity index (χ0) is 13.3. The molecule has 1 aromatic carbocycles. The number of carboxylic acid groups (broad SMARTS) is 1. The first-order valence-electron chi connectivity index (χ1n) is 5.57. The summed E-state index contributed by atoms with van der Waals surface area (Å²) in [6.45, 7) is 3.90. The quantitative estimate of drug-likeness (QED) is 0.908. The molecule has 2 rings (SSSR count). The predicted molar refractivity (Wildman–Crippen MR) is 65.0 cm³/mol. The van der Waals surface area contributed by atoms with Gasteiger partial charge in [-0.05, 0) is 38.1 Å². The molecule has 0 unspecified atom stereocenters. The van der Waals surface area contributed by atoms with Gasteiger partial charge in [0.25, 0.3) is 0 Å². The van der Waals surface area contributed by atoms with Crippen LogP contribution in [0, 0.1) is 5.82 Å². The lowest BCUT2D eigenvalue weighted by molar-refractivity contribution is 0.0696. The molecule has 1 heterocycles. The normalized spacial score (nSPS) is 10.9. The molecule has 0 radical (unpaired) electrons. The highest BCUT2D eigenvalue weighted by Gasteiger charge is 2.12. The third-order valence-electron chi connectivity index (χ3n) is 2.60. The highest BCUT2D eigenvalue weighted by Crippen LogP contribution is 2.24. The first kappa shape index (κ1) is 12.3. The Labute approximate surface area is 104 Å². The van der Waals surface area contributed by atoms with E-state index in [1.165, 1.54) is 12.1 Å². The minimum absolute atomic E-state index is 0.0680. The number of benzene rings is 1. The summed E-state index contributed by atoms with van der Waals surface area (Å²) in [6.07, 6.45) is 1.61. The highest BCUT2D eigenvalue weighted by atomic mass is 19.1. The van der Waals surface area contributed by atoms with Crippen LogP contribution in [0.2, 0.25) is 0 Å². The van der Waals surface area contributed by atoms with Crippen LogP contribution >= 0.6 is 0 Å². The van der Waals surface area contributed by atoms with E-state index in [0.29, 0.717) is 11.3 Å². The molecule has 1 N–H and O–H groups in total. The molecule has 0 saturated heterocycles. The van der Waals surface area contributed by atoms with Crippen LogP contribution in [0.15, 0.2) is 30.5 Å². The summed E-state index contributed by atoms with van der Waals surface area (Å²) in [4.78, 5) is 10.9. The summed E-state index contributed by atoms with van der Waals surface area (Å²) in [5.41, 5.74) is 1.15. The third-order valence-corrected chi connectivity index (χ3v) is 2.60. The van der Waals surface area contributed by atoms with Gasteiger partial charge in [-0.3, -0.25) is 4.68 Å². The molecule has 94 valence electrons. The summed E-state index contributed by atoms with van der Waals surface area (Å²) in [6, 6.07) is 5.61. The van der Waals surface area contributed by atoms with Gasteiger partial charge < -0.3 is 5.11 Å². The second kappa shape index (κ2) is 4.60. The Balaban J connectivity index is 2.57. The van der Waals surface area contributed by atoms with Gasteiger partial charge in [-0.1, -0.05) is 0 Å². The molecule has 0 fully saturated rings. The molecular formula is C13H13FN2O2. The average molecular weight is 248 g/mol. The van der Waals surface area contributed by atoms with Crippen molar-refractivity contribution in [2.45, 2.75) is 19.9 Å². The van der Waals surface area contributed by atoms with Crippen molar-refractivity contribution in [2.24, 2.45) is 0 Å². The van der Waals surface area contributed by atoms with Crippen LogP contribution in [-0.4, -0.2) is 20.9 Å². The van der Waals surface area contributed by atoms with Gasteiger partial charge in [0.2, 0.25) is 0 Å². The van der Waals surface area contributed by atoms with E-state index in [9.17, 15) is 9.18 Å². The Kier molecular flexibility index (Phi) is 3.14. The van der Waals surface area contributed by atoms with Crippen LogP contribution in [0.1, 0.15) is 30.2 Å². The molecule has 0 aliphatic rings. The fourth-order valence-corrected chi connectivity index (χ4v) is 1.82. The summed E-state index contributed by atoms with van der Waals surface area (Å²) in [7, 11) is 0. The molecule has 2 aromatic rings. The van der Waals surface area contributed by atoms with Crippen LogP contribution < -0.4 is 0 Å². The number of aromatic carboxylic acids is 1. The molecule has 0 amide bonds. The molecule has 0 atom stereocenters. The number of carbonyl (C=O) groups is 1. The highest BCUT2D eigenvalue weighted by molar-refractivity contribution is 5.89. The van der Waals surface area contributed by atoms with Crippen LogP contribution in [0.4, 0.5) is 4.39 Å². The Morgan fingerprint density at radius 3 is 2.72 bits per heavy atom. The van der Waals surface area contributed by atoms with Crippen molar-refractivity contribution >= 4 is 5.97 Å². The molecule has 1 aromatic heterocycles. The van der Waals surface area contributed by atoms with E-state index in [0.717, 1.165) is 6.07 Å². The van der Waals surface area contributed by atoms with Crippen molar-refractivity contribution in [2.75, 3.05) is 0 Å². The van der Waals surface area contributed by atoms with E-state index >= 15 is 0 Å². The van der Waals surface area contributed by atoms with E-state index in [4.69, 9.17) is 5.11 Å². The maximum absolute atomic E-state index is 13.4. The summed E-state index contributed by atoms with van der Waals surface area (Å²) >= 11 is 0. The van der Waals surface area contributed by atoms with Crippen molar-refractivity contribution in [3.63, 3.8) is 0 Å². The third kappa shape index (κ3) is 2.25. The SMILES string of the molecule is CC(C)n1nccc1-c1cc(F)cc(C(=O)O)c1. The topological polar surface area (TPSA) is 55.1 Å². The van der Waals surface area contributed by atoms with Crippen molar-refractivity contribution in [1.29, 1.82) is 0 Å². The van der Waals surface area contributed by atoms with Gasteiger partial charge in [0.15, 0.2) is 0 Å². The molecule has 0 aliphatic carbocycles. The zero-order valence-electron chi connectivity index (χ0n) is 10.1. The van der Waals surface area contributed by atoms with E-state index in [2.05, 4.69) is 5.10 Å².